The molecule has 4 heteroatoms. The first-order chi connectivity index (χ1) is 5.58. The standard InChI is InChI=1S/C8H9FINO/c9-6-1-5(3-8(11)12)2-7(10)4-6/h1-2,4,8,12H,3,11H2. The van der Waals surface area contributed by atoms with Crippen LogP contribution in [0, 0.1) is 9.39 Å². The van der Waals surface area contributed by atoms with Crippen molar-refractivity contribution >= 4 is 22.6 Å². The molecule has 0 radical (unpaired) electrons. The summed E-state index contributed by atoms with van der Waals surface area (Å²) in [5, 5.41) is 8.84. The molecular formula is C8H9FINO. The van der Waals surface area contributed by atoms with Crippen LogP contribution in [0.2, 0.25) is 0 Å². The average molecular weight is 281 g/mol. The van der Waals surface area contributed by atoms with Gasteiger partial charge in [-0.15, -0.1) is 0 Å². The molecule has 0 heterocycles. The van der Waals surface area contributed by atoms with Crippen LogP contribution in [0.15, 0.2) is 18.2 Å². The topological polar surface area (TPSA) is 46.2 Å². The number of hydrogen-bond acceptors (Lipinski definition) is 2. The van der Waals surface area contributed by atoms with Gasteiger partial charge in [-0.05, 0) is 46.4 Å². The molecular weight excluding hydrogens is 272 g/mol. The van der Waals surface area contributed by atoms with Crippen LogP contribution >= 0.6 is 22.6 Å². The second-order valence-corrected chi connectivity index (χ2v) is 3.79. The molecule has 1 aromatic rings. The summed E-state index contributed by atoms with van der Waals surface area (Å²) in [5.74, 6) is -0.294. The Morgan fingerprint density at radius 1 is 1.50 bits per heavy atom. The Kier molecular flexibility index (Phi) is 3.42. The van der Waals surface area contributed by atoms with E-state index < -0.39 is 6.23 Å². The fraction of sp³-hybridized carbons (Fsp3) is 0.250. The molecule has 1 atom stereocenters. The van der Waals surface area contributed by atoms with Crippen molar-refractivity contribution < 1.29 is 9.50 Å². The van der Waals surface area contributed by atoms with Gasteiger partial charge in [-0.3, -0.25) is 0 Å². The van der Waals surface area contributed by atoms with Crippen LogP contribution in [-0.2, 0) is 6.42 Å². The summed E-state index contributed by atoms with van der Waals surface area (Å²) in [6, 6.07) is 4.59. The van der Waals surface area contributed by atoms with E-state index in [1.807, 2.05) is 22.6 Å². The van der Waals surface area contributed by atoms with Crippen molar-refractivity contribution in [2.75, 3.05) is 0 Å². The number of hydrogen-bond donors (Lipinski definition) is 2. The van der Waals surface area contributed by atoms with Crippen LogP contribution in [0.5, 0.6) is 0 Å². The molecule has 0 aliphatic heterocycles. The quantitative estimate of drug-likeness (QED) is 0.633. The van der Waals surface area contributed by atoms with Crippen LogP contribution < -0.4 is 5.73 Å². The van der Waals surface area contributed by atoms with Gasteiger partial charge in [0.05, 0.1) is 0 Å². The molecule has 0 spiro atoms. The van der Waals surface area contributed by atoms with E-state index in [2.05, 4.69) is 0 Å². The van der Waals surface area contributed by atoms with E-state index in [1.54, 1.807) is 6.07 Å². The SMILES string of the molecule is NC(O)Cc1cc(F)cc(I)c1. The Labute approximate surface area is 83.7 Å². The van der Waals surface area contributed by atoms with Gasteiger partial charge in [0.25, 0.3) is 0 Å². The molecule has 0 aliphatic carbocycles. The molecule has 1 aromatic carbocycles. The first-order valence-electron chi connectivity index (χ1n) is 3.46. The Hall–Kier alpha value is -0.200. The fourth-order valence-electron chi connectivity index (χ4n) is 0.970. The third-order valence-corrected chi connectivity index (χ3v) is 1.99. The van der Waals surface area contributed by atoms with Crippen LogP contribution in [-0.4, -0.2) is 11.3 Å². The molecule has 12 heavy (non-hydrogen) atoms. The molecule has 0 saturated carbocycles. The van der Waals surface area contributed by atoms with Gasteiger partial charge in [-0.25, -0.2) is 4.39 Å². The molecule has 2 nitrogen and oxygen atoms in total. The van der Waals surface area contributed by atoms with E-state index >= 15 is 0 Å². The third kappa shape index (κ3) is 3.04. The van der Waals surface area contributed by atoms with Gasteiger partial charge in [0, 0.05) is 9.99 Å². The van der Waals surface area contributed by atoms with Gasteiger partial charge in [0.1, 0.15) is 12.0 Å². The smallest absolute Gasteiger partial charge is 0.124 e. The lowest BCUT2D eigenvalue weighted by atomic mass is 10.1. The number of aliphatic hydroxyl groups excluding tert-OH is 1. The molecule has 0 aromatic heterocycles. The lowest BCUT2D eigenvalue weighted by molar-refractivity contribution is 0.183. The lowest BCUT2D eigenvalue weighted by Gasteiger charge is -2.04. The van der Waals surface area contributed by atoms with Crippen molar-refractivity contribution in [2.45, 2.75) is 12.6 Å². The molecule has 0 amide bonds. The summed E-state index contributed by atoms with van der Waals surface area (Å²) in [6.45, 7) is 0. The zero-order valence-corrected chi connectivity index (χ0v) is 8.45. The number of benzene rings is 1. The zero-order valence-electron chi connectivity index (χ0n) is 6.30. The van der Waals surface area contributed by atoms with Gasteiger partial charge < -0.3 is 10.8 Å². The van der Waals surface area contributed by atoms with Crippen molar-refractivity contribution in [3.05, 3.63) is 33.1 Å². The Morgan fingerprint density at radius 2 is 2.17 bits per heavy atom. The molecule has 0 aliphatic rings. The third-order valence-electron chi connectivity index (χ3n) is 1.37. The van der Waals surface area contributed by atoms with Crippen molar-refractivity contribution in [3.8, 4) is 0 Å². The normalized spacial score (nSPS) is 13.0. The largest absolute Gasteiger partial charge is 0.378 e. The first-order valence-corrected chi connectivity index (χ1v) is 4.54. The van der Waals surface area contributed by atoms with E-state index in [0.717, 1.165) is 9.13 Å². The summed E-state index contributed by atoms with van der Waals surface area (Å²) < 4.78 is 13.6. The summed E-state index contributed by atoms with van der Waals surface area (Å²) in [7, 11) is 0. The number of halogens is 2. The van der Waals surface area contributed by atoms with E-state index in [9.17, 15) is 4.39 Å². The van der Waals surface area contributed by atoms with Crippen LogP contribution in [0.4, 0.5) is 4.39 Å². The van der Waals surface area contributed by atoms with E-state index in [4.69, 9.17) is 10.8 Å². The van der Waals surface area contributed by atoms with Gasteiger partial charge in [-0.1, -0.05) is 0 Å². The molecule has 0 bridgehead atoms. The predicted molar refractivity (Wildman–Crippen MR) is 53.0 cm³/mol. The Morgan fingerprint density at radius 3 is 2.67 bits per heavy atom. The minimum absolute atomic E-state index is 0.285. The molecule has 0 fully saturated rings. The second kappa shape index (κ2) is 4.15. The highest BCUT2D eigenvalue weighted by atomic mass is 127. The second-order valence-electron chi connectivity index (χ2n) is 2.55. The van der Waals surface area contributed by atoms with Gasteiger partial charge in [0.15, 0.2) is 0 Å². The van der Waals surface area contributed by atoms with Crippen LogP contribution in [0.25, 0.3) is 0 Å². The molecule has 66 valence electrons. The maximum atomic E-state index is 12.8. The van der Waals surface area contributed by atoms with Crippen molar-refractivity contribution in [2.24, 2.45) is 5.73 Å². The maximum Gasteiger partial charge on any atom is 0.124 e. The minimum atomic E-state index is -0.914. The number of nitrogens with two attached hydrogens (primary N) is 1. The van der Waals surface area contributed by atoms with E-state index in [-0.39, 0.29) is 12.2 Å². The van der Waals surface area contributed by atoms with Crippen molar-refractivity contribution in [1.29, 1.82) is 0 Å². The van der Waals surface area contributed by atoms with E-state index in [1.165, 1.54) is 12.1 Å². The van der Waals surface area contributed by atoms with E-state index in [0.29, 0.717) is 0 Å². The molecule has 1 unspecified atom stereocenters. The monoisotopic (exact) mass is 281 g/mol. The molecule has 3 N–H and O–H groups in total. The number of aliphatic hydroxyl groups is 1. The van der Waals surface area contributed by atoms with Gasteiger partial charge in [-0.2, -0.15) is 0 Å². The van der Waals surface area contributed by atoms with Crippen molar-refractivity contribution in [1.82, 2.24) is 0 Å². The summed E-state index contributed by atoms with van der Waals surface area (Å²) in [5.41, 5.74) is 5.87. The highest BCUT2D eigenvalue weighted by molar-refractivity contribution is 14.1. The Bertz CT molecular complexity index is 258. The fourth-order valence-corrected chi connectivity index (χ4v) is 1.67. The van der Waals surface area contributed by atoms with Crippen molar-refractivity contribution in [3.63, 3.8) is 0 Å². The molecule has 0 saturated heterocycles. The Balaban J connectivity index is 2.85. The van der Waals surface area contributed by atoms with Crippen LogP contribution in [0.3, 0.4) is 0 Å². The average Bonchev–Trinajstić information content (AvgIpc) is 1.81. The predicted octanol–water partition coefficient (Wildman–Crippen LogP) is 1.25. The maximum absolute atomic E-state index is 12.8. The van der Waals surface area contributed by atoms with Gasteiger partial charge in [0.2, 0.25) is 0 Å². The summed E-state index contributed by atoms with van der Waals surface area (Å²) >= 11 is 2.02. The molecule has 1 rings (SSSR count). The highest BCUT2D eigenvalue weighted by Crippen LogP contribution is 2.12. The number of rotatable bonds is 2. The zero-order chi connectivity index (χ0) is 9.14. The summed E-state index contributed by atoms with van der Waals surface area (Å²) in [4.78, 5) is 0. The first kappa shape index (κ1) is 9.88. The van der Waals surface area contributed by atoms with Gasteiger partial charge >= 0.3 is 0 Å². The lowest BCUT2D eigenvalue weighted by Crippen LogP contribution is -2.21. The minimum Gasteiger partial charge on any atom is -0.378 e. The summed E-state index contributed by atoms with van der Waals surface area (Å²) in [6.07, 6.45) is -0.629. The van der Waals surface area contributed by atoms with Crippen LogP contribution in [0.1, 0.15) is 5.56 Å². The highest BCUT2D eigenvalue weighted by Gasteiger charge is 2.02.